The Morgan fingerprint density at radius 2 is 1.88 bits per heavy atom. The number of ketones is 1. The molecule has 0 radical (unpaired) electrons. The lowest BCUT2D eigenvalue weighted by atomic mass is 9.91. The Kier molecular flexibility index (Phi) is 5.05. The highest BCUT2D eigenvalue weighted by Crippen LogP contribution is 2.38. The van der Waals surface area contributed by atoms with E-state index in [1.54, 1.807) is 44.2 Å². The van der Waals surface area contributed by atoms with Gasteiger partial charge in [0.2, 0.25) is 16.8 Å². The summed E-state index contributed by atoms with van der Waals surface area (Å²) >= 11 is 0. The monoisotopic (exact) mass is 485 g/mol. The summed E-state index contributed by atoms with van der Waals surface area (Å²) in [5.74, 6) is 0.0521. The van der Waals surface area contributed by atoms with E-state index in [1.807, 2.05) is 0 Å². The molecule has 0 bridgehead atoms. The average molecular weight is 486 g/mol. The minimum atomic E-state index is -3.40. The number of fused-ring (bicyclic) bond motifs is 2. The first-order valence-electron chi connectivity index (χ1n) is 10.8. The van der Waals surface area contributed by atoms with Crippen LogP contribution in [0.25, 0.3) is 0 Å². The lowest BCUT2D eigenvalue weighted by molar-refractivity contribution is -0.130. The number of nitrogens with zero attached hydrogens (tertiary/aromatic N) is 2. The van der Waals surface area contributed by atoms with Gasteiger partial charge in [0.15, 0.2) is 17.3 Å². The summed E-state index contributed by atoms with van der Waals surface area (Å²) in [5, 5.41) is 2.68. The van der Waals surface area contributed by atoms with E-state index in [2.05, 4.69) is 5.32 Å². The van der Waals surface area contributed by atoms with Gasteiger partial charge in [0.1, 0.15) is 5.54 Å². The van der Waals surface area contributed by atoms with Gasteiger partial charge in [0.05, 0.1) is 18.0 Å². The molecule has 178 valence electrons. The van der Waals surface area contributed by atoms with Gasteiger partial charge in [0, 0.05) is 12.1 Å². The third-order valence-corrected chi connectivity index (χ3v) is 8.26. The Morgan fingerprint density at radius 3 is 2.65 bits per heavy atom. The van der Waals surface area contributed by atoms with Gasteiger partial charge in [0.25, 0.3) is 5.91 Å². The first-order chi connectivity index (χ1) is 16.1. The number of rotatable bonds is 6. The van der Waals surface area contributed by atoms with Crippen LogP contribution in [-0.2, 0) is 26.8 Å². The summed E-state index contributed by atoms with van der Waals surface area (Å²) in [7, 11) is -3.40. The number of carbonyl (C=O) groups excluding carboxylic acids is 3. The Bertz CT molecular complexity index is 1340. The van der Waals surface area contributed by atoms with Crippen molar-refractivity contribution < 1.29 is 32.3 Å². The maximum atomic E-state index is 13.2. The van der Waals surface area contributed by atoms with Crippen LogP contribution in [0.15, 0.2) is 36.4 Å². The summed E-state index contributed by atoms with van der Waals surface area (Å²) in [5.41, 5.74) is 0.770. The van der Waals surface area contributed by atoms with Crippen molar-refractivity contribution in [3.05, 3.63) is 53.1 Å². The van der Waals surface area contributed by atoms with Gasteiger partial charge in [-0.05, 0) is 61.7 Å². The van der Waals surface area contributed by atoms with Crippen molar-refractivity contribution in [3.8, 4) is 11.5 Å². The SMILES string of the molecule is CCS(=O)(=O)N1CCc2cc(C(=O)CN3C(=O)N[C@](C)(c4ccc5c(c4)OCO5)C3=O)ccc21. The normalized spacial score (nSPS) is 21.1. The first-order valence-corrected chi connectivity index (χ1v) is 12.5. The summed E-state index contributed by atoms with van der Waals surface area (Å²) in [6.45, 7) is 3.14. The summed E-state index contributed by atoms with van der Waals surface area (Å²) < 4.78 is 36.6. The van der Waals surface area contributed by atoms with Crippen LogP contribution in [0.2, 0.25) is 0 Å². The predicted octanol–water partition coefficient (Wildman–Crippen LogP) is 1.78. The average Bonchev–Trinajstić information content (AvgIpc) is 3.52. The van der Waals surface area contributed by atoms with Gasteiger partial charge in [-0.1, -0.05) is 6.07 Å². The number of urea groups is 1. The van der Waals surface area contributed by atoms with Crippen molar-refractivity contribution in [2.75, 3.05) is 29.9 Å². The molecule has 3 heterocycles. The molecule has 3 aliphatic heterocycles. The van der Waals surface area contributed by atoms with E-state index in [4.69, 9.17) is 9.47 Å². The Morgan fingerprint density at radius 1 is 1.12 bits per heavy atom. The molecule has 1 fully saturated rings. The Balaban J connectivity index is 1.35. The second kappa shape index (κ2) is 7.73. The molecule has 0 saturated carbocycles. The van der Waals surface area contributed by atoms with Crippen LogP contribution < -0.4 is 19.1 Å². The molecular weight excluding hydrogens is 462 g/mol. The molecule has 0 aromatic heterocycles. The van der Waals surface area contributed by atoms with Crippen molar-refractivity contribution in [1.29, 1.82) is 0 Å². The second-order valence-electron chi connectivity index (χ2n) is 8.50. The van der Waals surface area contributed by atoms with Gasteiger partial charge >= 0.3 is 6.03 Å². The molecule has 0 unspecified atom stereocenters. The number of ether oxygens (including phenoxy) is 2. The molecule has 11 heteroatoms. The number of Topliss-reactive ketones (excluding diaryl/α,β-unsaturated/α-hetero) is 1. The largest absolute Gasteiger partial charge is 0.454 e. The maximum absolute atomic E-state index is 13.2. The second-order valence-corrected chi connectivity index (χ2v) is 10.7. The first kappa shape index (κ1) is 22.2. The highest BCUT2D eigenvalue weighted by atomic mass is 32.2. The van der Waals surface area contributed by atoms with Crippen molar-refractivity contribution >= 4 is 33.4 Å². The molecule has 1 N–H and O–H groups in total. The number of hydrogen-bond donors (Lipinski definition) is 1. The van der Waals surface area contributed by atoms with E-state index in [0.29, 0.717) is 41.3 Å². The molecule has 5 rings (SSSR count). The predicted molar refractivity (Wildman–Crippen MR) is 121 cm³/mol. The standard InChI is InChI=1S/C23H23N3O7S/c1-3-34(30,31)26-9-8-14-10-15(4-6-17(14)26)18(27)12-25-21(28)23(2,24-22(25)29)16-5-7-19-20(11-16)33-13-32-19/h4-7,10-11H,3,8-9,12-13H2,1-2H3,(H,24,29)/t23-/m1/s1. The fraction of sp³-hybridized carbons (Fsp3) is 0.348. The molecule has 10 nitrogen and oxygen atoms in total. The van der Waals surface area contributed by atoms with Gasteiger partial charge in [-0.2, -0.15) is 0 Å². The van der Waals surface area contributed by atoms with Crippen LogP contribution in [0, 0.1) is 0 Å². The fourth-order valence-corrected chi connectivity index (χ4v) is 5.63. The molecule has 2 aromatic carbocycles. The van der Waals surface area contributed by atoms with Crippen molar-refractivity contribution in [2.45, 2.75) is 25.8 Å². The molecule has 3 aliphatic rings. The zero-order valence-corrected chi connectivity index (χ0v) is 19.5. The smallest absolute Gasteiger partial charge is 0.325 e. The molecule has 34 heavy (non-hydrogen) atoms. The number of imide groups is 1. The Labute approximate surface area is 196 Å². The van der Waals surface area contributed by atoms with E-state index >= 15 is 0 Å². The van der Waals surface area contributed by atoms with Crippen LogP contribution in [0.4, 0.5) is 10.5 Å². The number of amides is 3. The van der Waals surface area contributed by atoms with E-state index in [0.717, 1.165) is 10.5 Å². The van der Waals surface area contributed by atoms with E-state index in [1.165, 1.54) is 10.4 Å². The molecule has 2 aromatic rings. The number of carbonyl (C=O) groups is 3. The zero-order valence-electron chi connectivity index (χ0n) is 18.7. The van der Waals surface area contributed by atoms with E-state index in [-0.39, 0.29) is 12.5 Å². The number of hydrogen-bond acceptors (Lipinski definition) is 7. The quantitative estimate of drug-likeness (QED) is 0.489. The van der Waals surface area contributed by atoms with Crippen molar-refractivity contribution in [3.63, 3.8) is 0 Å². The number of anilines is 1. The van der Waals surface area contributed by atoms with Gasteiger partial charge in [-0.25, -0.2) is 13.2 Å². The topological polar surface area (TPSA) is 122 Å². The lowest BCUT2D eigenvalue weighted by Gasteiger charge is -2.22. The number of benzene rings is 2. The van der Waals surface area contributed by atoms with Gasteiger partial charge < -0.3 is 14.8 Å². The van der Waals surface area contributed by atoms with E-state index < -0.39 is 39.8 Å². The van der Waals surface area contributed by atoms with Crippen LogP contribution in [0.5, 0.6) is 11.5 Å². The minimum absolute atomic E-state index is 0.0125. The Hall–Kier alpha value is -3.60. The molecule has 0 aliphatic carbocycles. The molecular formula is C23H23N3O7S. The third kappa shape index (κ3) is 3.38. The fourth-order valence-electron chi connectivity index (χ4n) is 4.47. The summed E-state index contributed by atoms with van der Waals surface area (Å²) in [6, 6.07) is 9.09. The van der Waals surface area contributed by atoms with Crippen LogP contribution in [0.3, 0.4) is 0 Å². The highest BCUT2D eigenvalue weighted by molar-refractivity contribution is 7.92. The summed E-state index contributed by atoms with van der Waals surface area (Å²) in [6.07, 6.45) is 0.487. The van der Waals surface area contributed by atoms with Crippen molar-refractivity contribution in [1.82, 2.24) is 10.2 Å². The molecule has 3 amide bonds. The highest BCUT2D eigenvalue weighted by Gasteiger charge is 2.50. The van der Waals surface area contributed by atoms with E-state index in [9.17, 15) is 22.8 Å². The molecule has 0 spiro atoms. The third-order valence-electron chi connectivity index (χ3n) is 6.48. The maximum Gasteiger partial charge on any atom is 0.325 e. The number of sulfonamides is 1. The molecule has 1 saturated heterocycles. The zero-order chi connectivity index (χ0) is 24.3. The molecule has 1 atom stereocenters. The number of nitrogens with one attached hydrogen (secondary N) is 1. The minimum Gasteiger partial charge on any atom is -0.454 e. The van der Waals surface area contributed by atoms with Crippen LogP contribution in [0.1, 0.15) is 35.3 Å². The van der Waals surface area contributed by atoms with Gasteiger partial charge in [-0.3, -0.25) is 18.8 Å². The summed E-state index contributed by atoms with van der Waals surface area (Å²) in [4.78, 5) is 39.8. The van der Waals surface area contributed by atoms with Crippen LogP contribution in [-0.4, -0.2) is 56.7 Å². The van der Waals surface area contributed by atoms with Crippen molar-refractivity contribution in [2.24, 2.45) is 0 Å². The van der Waals surface area contributed by atoms with Gasteiger partial charge in [-0.15, -0.1) is 0 Å². The lowest BCUT2D eigenvalue weighted by Crippen LogP contribution is -2.41. The van der Waals surface area contributed by atoms with Crippen LogP contribution >= 0.6 is 0 Å².